The molecule has 1 heterocycles. The highest BCUT2D eigenvalue weighted by Crippen LogP contribution is 2.30. The molecule has 0 aliphatic rings. The highest BCUT2D eigenvalue weighted by atomic mass is 35.5. The second-order valence-electron chi connectivity index (χ2n) is 2.32. The molecule has 0 bridgehead atoms. The Labute approximate surface area is 91.8 Å². The van der Waals surface area contributed by atoms with Crippen molar-refractivity contribution in [3.63, 3.8) is 0 Å². The van der Waals surface area contributed by atoms with E-state index in [2.05, 4.69) is 9.72 Å². The van der Waals surface area contributed by atoms with Crippen LogP contribution in [0.4, 0.5) is 13.2 Å². The molecule has 0 N–H and O–H groups in total. The maximum absolute atomic E-state index is 11.9. The normalized spacial score (nSPS) is 11.3. The van der Waals surface area contributed by atoms with Gasteiger partial charge in [0.1, 0.15) is 0 Å². The molecule has 0 aromatic carbocycles. The first-order chi connectivity index (χ1) is 6.81. The topological polar surface area (TPSA) is 39.2 Å². The lowest BCUT2D eigenvalue weighted by molar-refractivity contribution is -0.274. The van der Waals surface area contributed by atoms with Crippen LogP contribution in [0.1, 0.15) is 10.4 Å². The summed E-state index contributed by atoms with van der Waals surface area (Å²) in [6.45, 7) is 0. The fraction of sp³-hybridized carbons (Fsp3) is 0.143. The van der Waals surface area contributed by atoms with Gasteiger partial charge in [-0.25, -0.2) is 0 Å². The van der Waals surface area contributed by atoms with E-state index in [9.17, 15) is 18.0 Å². The summed E-state index contributed by atoms with van der Waals surface area (Å²) in [6.07, 6.45) is -3.25. The average Bonchev–Trinajstić information content (AvgIpc) is 1.99. The van der Waals surface area contributed by atoms with Crippen LogP contribution in [0.25, 0.3) is 0 Å². The van der Waals surface area contributed by atoms with Crippen molar-refractivity contribution in [2.45, 2.75) is 6.36 Å². The van der Waals surface area contributed by atoms with E-state index < -0.39 is 22.9 Å². The first-order valence-electron chi connectivity index (χ1n) is 3.40. The largest absolute Gasteiger partial charge is 0.573 e. The lowest BCUT2D eigenvalue weighted by atomic mass is 10.3. The molecule has 0 atom stereocenters. The number of aromatic nitrogens is 1. The number of hydrogen-bond acceptors (Lipinski definition) is 3. The van der Waals surface area contributed by atoms with Crippen molar-refractivity contribution < 1.29 is 22.7 Å². The molecule has 3 nitrogen and oxygen atoms in total. The van der Waals surface area contributed by atoms with Crippen LogP contribution in [0.3, 0.4) is 0 Å². The van der Waals surface area contributed by atoms with E-state index in [1.54, 1.807) is 0 Å². The zero-order chi connectivity index (χ0) is 11.6. The Hall–Kier alpha value is -1.01. The van der Waals surface area contributed by atoms with Crippen molar-refractivity contribution in [3.8, 4) is 5.75 Å². The lowest BCUT2D eigenvalue weighted by Crippen LogP contribution is -2.18. The molecule has 15 heavy (non-hydrogen) atoms. The summed E-state index contributed by atoms with van der Waals surface area (Å²) in [5.41, 5.74) is -0.564. The number of alkyl halides is 3. The Bertz CT molecular complexity index is 394. The third kappa shape index (κ3) is 3.24. The van der Waals surface area contributed by atoms with Crippen LogP contribution >= 0.6 is 23.2 Å². The van der Waals surface area contributed by atoms with Crippen LogP contribution in [0.2, 0.25) is 5.02 Å². The average molecular weight is 260 g/mol. The highest BCUT2D eigenvalue weighted by Gasteiger charge is 2.33. The first-order valence-corrected chi connectivity index (χ1v) is 4.16. The maximum atomic E-state index is 11.9. The van der Waals surface area contributed by atoms with Crippen molar-refractivity contribution in [3.05, 3.63) is 23.0 Å². The summed E-state index contributed by atoms with van der Waals surface area (Å²) in [4.78, 5) is 14.1. The zero-order valence-electron chi connectivity index (χ0n) is 6.81. The molecular weight excluding hydrogens is 258 g/mol. The Kier molecular flexibility index (Phi) is 3.41. The van der Waals surface area contributed by atoms with Crippen LogP contribution in [0.5, 0.6) is 5.75 Å². The molecule has 82 valence electrons. The highest BCUT2D eigenvalue weighted by molar-refractivity contribution is 6.69. The molecule has 0 amide bonds. The zero-order valence-corrected chi connectivity index (χ0v) is 8.32. The molecule has 0 saturated heterocycles. The Morgan fingerprint density at radius 3 is 2.47 bits per heavy atom. The number of halogens is 5. The molecule has 0 aliphatic heterocycles. The van der Waals surface area contributed by atoms with E-state index in [-0.39, 0.29) is 5.02 Å². The van der Waals surface area contributed by atoms with Gasteiger partial charge in [-0.3, -0.25) is 9.78 Å². The van der Waals surface area contributed by atoms with E-state index in [1.165, 1.54) is 0 Å². The van der Waals surface area contributed by atoms with E-state index >= 15 is 0 Å². The van der Waals surface area contributed by atoms with Gasteiger partial charge in [0.15, 0.2) is 5.75 Å². The first kappa shape index (κ1) is 12.1. The molecule has 0 unspecified atom stereocenters. The van der Waals surface area contributed by atoms with Gasteiger partial charge in [0.25, 0.3) is 5.24 Å². The predicted octanol–water partition coefficient (Wildman–Crippen LogP) is 3.01. The van der Waals surface area contributed by atoms with Crippen molar-refractivity contribution in [2.24, 2.45) is 0 Å². The Morgan fingerprint density at radius 1 is 1.40 bits per heavy atom. The van der Waals surface area contributed by atoms with Gasteiger partial charge in [-0.05, 0) is 11.6 Å². The van der Waals surface area contributed by atoms with Crippen molar-refractivity contribution in [1.82, 2.24) is 4.98 Å². The number of pyridine rings is 1. The number of hydrogen-bond donors (Lipinski definition) is 0. The SMILES string of the molecule is O=C(Cl)c1c(Cl)cncc1OC(F)(F)F. The molecule has 0 saturated carbocycles. The summed E-state index contributed by atoms with van der Waals surface area (Å²) in [5, 5.41) is -1.46. The van der Waals surface area contributed by atoms with Gasteiger partial charge in [0.05, 0.1) is 16.8 Å². The third-order valence-electron chi connectivity index (χ3n) is 1.29. The van der Waals surface area contributed by atoms with Crippen molar-refractivity contribution >= 4 is 28.4 Å². The Morgan fingerprint density at radius 2 is 2.00 bits per heavy atom. The second-order valence-corrected chi connectivity index (χ2v) is 3.07. The summed E-state index contributed by atoms with van der Waals surface area (Å²) in [7, 11) is 0. The second kappa shape index (κ2) is 4.24. The van der Waals surface area contributed by atoms with Crippen LogP contribution in [-0.2, 0) is 0 Å². The van der Waals surface area contributed by atoms with Crippen molar-refractivity contribution in [2.75, 3.05) is 0 Å². The monoisotopic (exact) mass is 259 g/mol. The molecule has 0 radical (unpaired) electrons. The molecule has 0 fully saturated rings. The number of ether oxygens (including phenoxy) is 1. The Balaban J connectivity index is 3.18. The van der Waals surface area contributed by atoms with E-state index in [4.69, 9.17) is 23.2 Å². The molecule has 8 heteroatoms. The third-order valence-corrected chi connectivity index (χ3v) is 1.76. The summed E-state index contributed by atoms with van der Waals surface area (Å²) >= 11 is 10.5. The van der Waals surface area contributed by atoms with Gasteiger partial charge in [-0.15, -0.1) is 13.2 Å². The molecular formula is C7H2Cl2F3NO2. The van der Waals surface area contributed by atoms with Crippen LogP contribution < -0.4 is 4.74 Å². The van der Waals surface area contributed by atoms with Crippen LogP contribution in [0.15, 0.2) is 12.4 Å². The fourth-order valence-corrected chi connectivity index (χ4v) is 1.29. The van der Waals surface area contributed by atoms with Gasteiger partial charge in [-0.1, -0.05) is 11.6 Å². The summed E-state index contributed by atoms with van der Waals surface area (Å²) < 4.78 is 39.1. The number of carbonyl (C=O) groups is 1. The standard InChI is InChI=1S/C7H2Cl2F3NO2/c8-3-1-13-2-4(5(3)6(9)14)15-7(10,11)12/h1-2H. The van der Waals surface area contributed by atoms with Gasteiger partial charge >= 0.3 is 6.36 Å². The lowest BCUT2D eigenvalue weighted by Gasteiger charge is -2.11. The van der Waals surface area contributed by atoms with Gasteiger partial charge in [0.2, 0.25) is 0 Å². The van der Waals surface area contributed by atoms with Gasteiger partial charge < -0.3 is 4.74 Å². The number of carbonyl (C=O) groups excluding carboxylic acids is 1. The number of nitrogens with zero attached hydrogens (tertiary/aromatic N) is 1. The quantitative estimate of drug-likeness (QED) is 0.767. The van der Waals surface area contributed by atoms with E-state index in [1.807, 2.05) is 0 Å². The van der Waals surface area contributed by atoms with Gasteiger partial charge in [0, 0.05) is 6.20 Å². The smallest absolute Gasteiger partial charge is 0.403 e. The molecule has 1 aromatic rings. The maximum Gasteiger partial charge on any atom is 0.573 e. The van der Waals surface area contributed by atoms with E-state index in [0.717, 1.165) is 6.20 Å². The molecule has 0 aliphatic carbocycles. The minimum Gasteiger partial charge on any atom is -0.403 e. The minimum atomic E-state index is -4.94. The minimum absolute atomic E-state index is 0.309. The summed E-state index contributed by atoms with van der Waals surface area (Å²) in [5.74, 6) is -0.824. The van der Waals surface area contributed by atoms with Gasteiger partial charge in [-0.2, -0.15) is 0 Å². The van der Waals surface area contributed by atoms with Crippen molar-refractivity contribution in [1.29, 1.82) is 0 Å². The summed E-state index contributed by atoms with van der Waals surface area (Å²) in [6, 6.07) is 0. The molecule has 1 aromatic heterocycles. The molecule has 1 rings (SSSR count). The fourth-order valence-electron chi connectivity index (χ4n) is 0.810. The molecule has 0 spiro atoms. The van der Waals surface area contributed by atoms with E-state index in [0.29, 0.717) is 6.20 Å². The predicted molar refractivity (Wildman–Crippen MR) is 46.1 cm³/mol. The number of rotatable bonds is 2. The van der Waals surface area contributed by atoms with Crippen LogP contribution in [0, 0.1) is 0 Å². The van der Waals surface area contributed by atoms with Crippen LogP contribution in [-0.4, -0.2) is 16.6 Å².